The summed E-state index contributed by atoms with van der Waals surface area (Å²) in [5.74, 6) is -6.24. The van der Waals surface area contributed by atoms with Crippen molar-refractivity contribution in [3.8, 4) is 11.5 Å². The Labute approximate surface area is 339 Å². The van der Waals surface area contributed by atoms with E-state index in [1.165, 1.54) is 35.2 Å². The van der Waals surface area contributed by atoms with E-state index in [-0.39, 0.29) is 37.0 Å². The van der Waals surface area contributed by atoms with Gasteiger partial charge in [-0.2, -0.15) is 5.01 Å². The number of nitrogens with one attached hydrogen (secondary N) is 1. The van der Waals surface area contributed by atoms with Crippen LogP contribution in [0, 0.1) is 29.5 Å². The number of carbonyl (C=O) groups is 4. The number of hydrogen-bond donors (Lipinski definition) is 2. The molecule has 0 aromatic heterocycles. The molecular formula is C47H39ClFN3O6. The SMILES string of the molecule is CCc1ccc(N2C(=O)C3CC=C4C(CC5C(=O)N(Nc6ccc(F)cc6)C(=O)C5(c5ccc(Cl)cc5)C4c4ccc(OCc5ccccc5)cc4O)C3C2=O)cc1. The summed E-state index contributed by atoms with van der Waals surface area (Å²) >= 11 is 6.41. The molecule has 4 aliphatic rings. The molecule has 58 heavy (non-hydrogen) atoms. The molecule has 11 heteroatoms. The van der Waals surface area contributed by atoms with Crippen LogP contribution in [0.4, 0.5) is 15.8 Å². The van der Waals surface area contributed by atoms with Gasteiger partial charge in [-0.25, -0.2) is 4.39 Å². The molecule has 2 aliphatic heterocycles. The second-order valence-corrected chi connectivity index (χ2v) is 15.8. The van der Waals surface area contributed by atoms with Crippen LogP contribution in [0.25, 0.3) is 0 Å². The van der Waals surface area contributed by atoms with E-state index >= 15 is 4.79 Å². The number of amides is 4. The number of anilines is 2. The summed E-state index contributed by atoms with van der Waals surface area (Å²) < 4.78 is 20.0. The van der Waals surface area contributed by atoms with E-state index in [1.54, 1.807) is 48.5 Å². The maximum Gasteiger partial charge on any atom is 0.260 e. The number of benzene rings is 5. The topological polar surface area (TPSA) is 116 Å². The van der Waals surface area contributed by atoms with Crippen molar-refractivity contribution >= 4 is 46.6 Å². The number of rotatable bonds is 9. The molecule has 0 bridgehead atoms. The van der Waals surface area contributed by atoms with Crippen LogP contribution >= 0.6 is 11.6 Å². The average Bonchev–Trinajstić information content (AvgIpc) is 3.62. The van der Waals surface area contributed by atoms with Gasteiger partial charge < -0.3 is 9.84 Å². The van der Waals surface area contributed by atoms with Crippen molar-refractivity contribution in [1.82, 2.24) is 5.01 Å². The normalized spacial score (nSPS) is 24.9. The minimum absolute atomic E-state index is 0.0684. The third kappa shape index (κ3) is 5.97. The zero-order valence-electron chi connectivity index (χ0n) is 31.5. The molecule has 2 heterocycles. The second-order valence-electron chi connectivity index (χ2n) is 15.4. The monoisotopic (exact) mass is 795 g/mol. The minimum Gasteiger partial charge on any atom is -0.508 e. The van der Waals surface area contributed by atoms with E-state index in [0.717, 1.165) is 22.6 Å². The average molecular weight is 796 g/mol. The van der Waals surface area contributed by atoms with Crippen LogP contribution in [-0.4, -0.2) is 33.7 Å². The largest absolute Gasteiger partial charge is 0.508 e. The number of allylic oxidation sites excluding steroid dienone is 2. The lowest BCUT2D eigenvalue weighted by Gasteiger charge is -2.50. The minimum atomic E-state index is -1.64. The first-order valence-electron chi connectivity index (χ1n) is 19.4. The lowest BCUT2D eigenvalue weighted by molar-refractivity contribution is -0.138. The first kappa shape index (κ1) is 37.3. The van der Waals surface area contributed by atoms with Gasteiger partial charge in [0.1, 0.15) is 23.9 Å². The maximum absolute atomic E-state index is 15.4. The molecule has 6 unspecified atom stereocenters. The van der Waals surface area contributed by atoms with Crippen molar-refractivity contribution in [3.63, 3.8) is 0 Å². The van der Waals surface area contributed by atoms with E-state index in [4.69, 9.17) is 16.3 Å². The van der Waals surface area contributed by atoms with Crippen LogP contribution in [-0.2, 0) is 37.6 Å². The van der Waals surface area contributed by atoms with Crippen LogP contribution in [0.3, 0.4) is 0 Å². The smallest absolute Gasteiger partial charge is 0.260 e. The molecule has 6 atom stereocenters. The quantitative estimate of drug-likeness (QED) is 0.114. The van der Waals surface area contributed by atoms with Crippen molar-refractivity contribution in [2.75, 3.05) is 10.3 Å². The number of imide groups is 2. The van der Waals surface area contributed by atoms with Crippen molar-refractivity contribution in [2.45, 2.75) is 44.1 Å². The zero-order chi connectivity index (χ0) is 40.3. The maximum atomic E-state index is 15.4. The summed E-state index contributed by atoms with van der Waals surface area (Å²) in [6.45, 7) is 2.28. The fourth-order valence-corrected chi connectivity index (χ4v) is 9.86. The Morgan fingerprint density at radius 3 is 2.24 bits per heavy atom. The van der Waals surface area contributed by atoms with E-state index in [1.807, 2.05) is 55.5 Å². The standard InChI is InChI=1S/C47H39ClFN3O6/c1-2-27-8-18-33(19-9-27)51-43(54)37-23-22-35-38(41(37)45(51)56)25-39-44(55)52(50-32-16-14-31(49)15-17-32)46(57)47(39,29-10-12-30(48)13-11-29)42(35)36-21-20-34(24-40(36)53)58-26-28-6-4-3-5-7-28/h3-22,24,37-39,41-42,50,53H,2,23,25-26H2,1H3. The number of aromatic hydroxyl groups is 1. The highest BCUT2D eigenvalue weighted by atomic mass is 35.5. The molecule has 292 valence electrons. The summed E-state index contributed by atoms with van der Waals surface area (Å²) in [5, 5.41) is 13.4. The van der Waals surface area contributed by atoms with Gasteiger partial charge >= 0.3 is 0 Å². The third-order valence-corrected chi connectivity index (χ3v) is 12.7. The van der Waals surface area contributed by atoms with Crippen molar-refractivity contribution in [2.24, 2.45) is 23.7 Å². The van der Waals surface area contributed by atoms with Crippen molar-refractivity contribution < 1.29 is 33.4 Å². The molecule has 5 aromatic rings. The van der Waals surface area contributed by atoms with Crippen LogP contribution in [0.15, 0.2) is 133 Å². The van der Waals surface area contributed by atoms with Crippen molar-refractivity contribution in [3.05, 3.63) is 166 Å². The molecule has 2 N–H and O–H groups in total. The number of hydrazine groups is 1. The van der Waals surface area contributed by atoms with Gasteiger partial charge in [0.2, 0.25) is 11.8 Å². The van der Waals surface area contributed by atoms with Crippen LogP contribution in [0.2, 0.25) is 5.02 Å². The Morgan fingerprint density at radius 2 is 1.55 bits per heavy atom. The number of halogens is 2. The molecule has 2 aliphatic carbocycles. The fraction of sp³-hybridized carbons (Fsp3) is 0.234. The van der Waals surface area contributed by atoms with Gasteiger partial charge in [-0.05, 0) is 96.5 Å². The van der Waals surface area contributed by atoms with Crippen LogP contribution in [0.5, 0.6) is 11.5 Å². The fourth-order valence-electron chi connectivity index (χ4n) is 9.73. The predicted molar refractivity (Wildman–Crippen MR) is 216 cm³/mol. The number of aryl methyl sites for hydroxylation is 1. The molecule has 1 saturated carbocycles. The molecule has 0 spiro atoms. The van der Waals surface area contributed by atoms with E-state index in [2.05, 4.69) is 5.43 Å². The Bertz CT molecular complexity index is 2480. The number of phenolic OH excluding ortho intramolecular Hbond substituents is 1. The molecule has 2 saturated heterocycles. The molecule has 9 nitrogen and oxygen atoms in total. The van der Waals surface area contributed by atoms with Gasteiger partial charge in [-0.3, -0.25) is 29.5 Å². The van der Waals surface area contributed by atoms with Gasteiger partial charge in [0, 0.05) is 22.6 Å². The lowest BCUT2D eigenvalue weighted by Crippen LogP contribution is -2.53. The van der Waals surface area contributed by atoms with Crippen LogP contribution < -0.4 is 15.1 Å². The second kappa shape index (κ2) is 14.6. The highest BCUT2D eigenvalue weighted by Crippen LogP contribution is 2.65. The van der Waals surface area contributed by atoms with E-state index < -0.39 is 52.6 Å². The highest BCUT2D eigenvalue weighted by molar-refractivity contribution is 6.30. The van der Waals surface area contributed by atoms with Gasteiger partial charge in [0.15, 0.2) is 0 Å². The van der Waals surface area contributed by atoms with Gasteiger partial charge in [0.05, 0.1) is 34.5 Å². The number of fused-ring (bicyclic) bond motifs is 4. The number of nitrogens with zero attached hydrogens (tertiary/aromatic N) is 2. The van der Waals surface area contributed by atoms with E-state index in [9.17, 15) is 23.9 Å². The number of hydrogen-bond acceptors (Lipinski definition) is 7. The summed E-state index contributed by atoms with van der Waals surface area (Å²) in [6, 6.07) is 34.0. The Balaban J connectivity index is 1.19. The summed E-state index contributed by atoms with van der Waals surface area (Å²) in [6.07, 6.45) is 3.03. The van der Waals surface area contributed by atoms with E-state index in [0.29, 0.717) is 38.8 Å². The highest BCUT2D eigenvalue weighted by Gasteiger charge is 2.70. The molecule has 3 fully saturated rings. The van der Waals surface area contributed by atoms with Gasteiger partial charge in [-0.1, -0.05) is 90.8 Å². The number of ether oxygens (including phenoxy) is 1. The summed E-state index contributed by atoms with van der Waals surface area (Å²) in [5.41, 5.74) is 5.64. The molecule has 0 radical (unpaired) electrons. The first-order chi connectivity index (χ1) is 28.1. The molecule has 5 aromatic carbocycles. The molecular weight excluding hydrogens is 757 g/mol. The Morgan fingerprint density at radius 1 is 0.828 bits per heavy atom. The molecule has 9 rings (SSSR count). The Kier molecular flexibility index (Phi) is 9.39. The van der Waals surface area contributed by atoms with Crippen molar-refractivity contribution in [1.29, 1.82) is 0 Å². The molecule has 4 amide bonds. The third-order valence-electron chi connectivity index (χ3n) is 12.4. The van der Waals surface area contributed by atoms with Gasteiger partial charge in [0.25, 0.3) is 11.8 Å². The predicted octanol–water partition coefficient (Wildman–Crippen LogP) is 8.52. The summed E-state index contributed by atoms with van der Waals surface area (Å²) in [4.78, 5) is 60.5. The summed E-state index contributed by atoms with van der Waals surface area (Å²) in [7, 11) is 0. The Hall–Kier alpha value is -6.26. The first-order valence-corrected chi connectivity index (χ1v) is 19.8. The number of carbonyl (C=O) groups excluding carboxylic acids is 4. The lowest BCUT2D eigenvalue weighted by atomic mass is 9.49. The van der Waals surface area contributed by atoms with Crippen LogP contribution in [0.1, 0.15) is 47.9 Å². The number of phenols is 1. The zero-order valence-corrected chi connectivity index (χ0v) is 32.2. The van der Waals surface area contributed by atoms with Gasteiger partial charge in [-0.15, -0.1) is 0 Å².